The van der Waals surface area contributed by atoms with Gasteiger partial charge in [0.05, 0.1) is 23.9 Å². The number of hydrogen-bond donors (Lipinski definition) is 1. The molecule has 3 rings (SSSR count). The number of amides is 1. The van der Waals surface area contributed by atoms with Crippen molar-refractivity contribution in [3.05, 3.63) is 34.6 Å². The Balaban J connectivity index is 1.71. The van der Waals surface area contributed by atoms with Crippen molar-refractivity contribution in [1.29, 1.82) is 0 Å². The van der Waals surface area contributed by atoms with Crippen LogP contribution in [0.4, 0.5) is 5.13 Å². The van der Waals surface area contributed by atoms with Crippen LogP contribution in [-0.2, 0) is 17.8 Å². The Kier molecular flexibility index (Phi) is 6.21. The monoisotopic (exact) mass is 374 g/mol. The van der Waals surface area contributed by atoms with Crippen molar-refractivity contribution in [2.45, 2.75) is 51.7 Å². The number of aromatic nitrogens is 2. The second kappa shape index (κ2) is 8.60. The molecule has 1 aliphatic rings. The van der Waals surface area contributed by atoms with Gasteiger partial charge in [0.25, 0.3) is 0 Å². The van der Waals surface area contributed by atoms with Crippen molar-refractivity contribution in [3.63, 3.8) is 0 Å². The van der Waals surface area contributed by atoms with Crippen LogP contribution in [-0.4, -0.2) is 41.0 Å². The van der Waals surface area contributed by atoms with Crippen molar-refractivity contribution in [2.24, 2.45) is 0 Å². The normalized spacial score (nSPS) is 14.8. The van der Waals surface area contributed by atoms with Crippen molar-refractivity contribution < 1.29 is 9.53 Å². The molecule has 1 N–H and O–H groups in total. The molecule has 2 aromatic rings. The summed E-state index contributed by atoms with van der Waals surface area (Å²) in [5.74, 6) is 0.706. The molecule has 0 aliphatic heterocycles. The van der Waals surface area contributed by atoms with Crippen LogP contribution >= 0.6 is 11.3 Å². The predicted molar refractivity (Wildman–Crippen MR) is 104 cm³/mol. The predicted octanol–water partition coefficient (Wildman–Crippen LogP) is 3.41. The van der Waals surface area contributed by atoms with E-state index >= 15 is 0 Å². The Labute approximate surface area is 158 Å². The van der Waals surface area contributed by atoms with Crippen LogP contribution in [0.1, 0.15) is 41.9 Å². The standard InChI is InChI=1S/C19H26N4O2S/c1-13-11-20-19(26-13)22-18(24)10-14-8-17(25-16-6-4-5-7-16)9-15(21-14)12-23(2)3/h8-9,11,16H,4-7,10,12H2,1-3H3,(H,20,22,24). The number of carbonyl (C=O) groups is 1. The first-order chi connectivity index (χ1) is 12.5. The highest BCUT2D eigenvalue weighted by atomic mass is 32.1. The number of carbonyl (C=O) groups excluding carboxylic acids is 1. The minimum Gasteiger partial charge on any atom is -0.490 e. The molecule has 2 aromatic heterocycles. The molecular formula is C19H26N4O2S. The number of ether oxygens (including phenoxy) is 1. The van der Waals surface area contributed by atoms with Gasteiger partial charge in [0.15, 0.2) is 5.13 Å². The zero-order chi connectivity index (χ0) is 18.5. The van der Waals surface area contributed by atoms with Crippen LogP contribution in [0.25, 0.3) is 0 Å². The number of hydrogen-bond acceptors (Lipinski definition) is 6. The molecule has 1 amide bonds. The second-order valence-electron chi connectivity index (χ2n) is 7.05. The molecule has 0 aromatic carbocycles. The van der Waals surface area contributed by atoms with Gasteiger partial charge in [-0.1, -0.05) is 0 Å². The van der Waals surface area contributed by atoms with Crippen LogP contribution in [0.2, 0.25) is 0 Å². The fourth-order valence-corrected chi connectivity index (χ4v) is 3.80. The van der Waals surface area contributed by atoms with E-state index in [0.29, 0.717) is 11.7 Å². The summed E-state index contributed by atoms with van der Waals surface area (Å²) in [6.07, 6.45) is 6.90. The molecule has 0 bridgehead atoms. The number of nitrogens with one attached hydrogen (secondary N) is 1. The molecule has 0 atom stereocenters. The Morgan fingerprint density at radius 3 is 2.69 bits per heavy atom. The number of nitrogens with zero attached hydrogens (tertiary/aromatic N) is 3. The van der Waals surface area contributed by atoms with Gasteiger partial charge >= 0.3 is 0 Å². The van der Waals surface area contributed by atoms with Gasteiger partial charge in [0.2, 0.25) is 5.91 Å². The number of anilines is 1. The zero-order valence-corrected chi connectivity index (χ0v) is 16.4. The maximum absolute atomic E-state index is 12.3. The third kappa shape index (κ3) is 5.51. The van der Waals surface area contributed by atoms with Crippen LogP contribution in [0, 0.1) is 6.92 Å². The van der Waals surface area contributed by atoms with Gasteiger partial charge in [-0.15, -0.1) is 11.3 Å². The summed E-state index contributed by atoms with van der Waals surface area (Å²) < 4.78 is 6.14. The van der Waals surface area contributed by atoms with Crippen LogP contribution in [0.15, 0.2) is 18.3 Å². The van der Waals surface area contributed by atoms with Crippen molar-refractivity contribution in [2.75, 3.05) is 19.4 Å². The quantitative estimate of drug-likeness (QED) is 0.804. The lowest BCUT2D eigenvalue weighted by atomic mass is 10.2. The van der Waals surface area contributed by atoms with Gasteiger partial charge < -0.3 is 15.0 Å². The molecule has 0 radical (unpaired) electrons. The third-order valence-electron chi connectivity index (χ3n) is 4.20. The molecule has 7 heteroatoms. The molecule has 6 nitrogen and oxygen atoms in total. The molecule has 140 valence electrons. The zero-order valence-electron chi connectivity index (χ0n) is 15.6. The first-order valence-electron chi connectivity index (χ1n) is 9.01. The van der Waals surface area contributed by atoms with Crippen LogP contribution in [0.3, 0.4) is 0 Å². The molecule has 0 saturated heterocycles. The van der Waals surface area contributed by atoms with E-state index in [0.717, 1.165) is 34.9 Å². The fraction of sp³-hybridized carbons (Fsp3) is 0.526. The number of pyridine rings is 1. The summed E-state index contributed by atoms with van der Waals surface area (Å²) in [6, 6.07) is 3.88. The maximum atomic E-state index is 12.3. The Morgan fingerprint density at radius 2 is 2.04 bits per heavy atom. The van der Waals surface area contributed by atoms with Crippen molar-refractivity contribution in [1.82, 2.24) is 14.9 Å². The van der Waals surface area contributed by atoms with E-state index in [1.165, 1.54) is 24.2 Å². The second-order valence-corrected chi connectivity index (χ2v) is 8.28. The van der Waals surface area contributed by atoms with Crippen LogP contribution in [0.5, 0.6) is 5.75 Å². The van der Waals surface area contributed by atoms with Gasteiger partial charge in [-0.25, -0.2) is 4.98 Å². The Bertz CT molecular complexity index is 754. The summed E-state index contributed by atoms with van der Waals surface area (Å²) in [5.41, 5.74) is 1.64. The lowest BCUT2D eigenvalue weighted by Gasteiger charge is -2.16. The topological polar surface area (TPSA) is 67.3 Å². The van der Waals surface area contributed by atoms with Gasteiger partial charge in [0, 0.05) is 29.8 Å². The van der Waals surface area contributed by atoms with Gasteiger partial charge in [-0.05, 0) is 46.7 Å². The van der Waals surface area contributed by atoms with E-state index < -0.39 is 0 Å². The Hall–Kier alpha value is -1.99. The maximum Gasteiger partial charge on any atom is 0.232 e. The van der Waals surface area contributed by atoms with E-state index in [1.807, 2.05) is 33.2 Å². The number of aryl methyl sites for hydroxylation is 1. The highest BCUT2D eigenvalue weighted by molar-refractivity contribution is 7.15. The first kappa shape index (κ1) is 18.8. The number of thiazole rings is 1. The highest BCUT2D eigenvalue weighted by Gasteiger charge is 2.18. The SMILES string of the molecule is Cc1cnc(NC(=O)Cc2cc(OC3CCCC3)cc(CN(C)C)n2)s1. The van der Waals surface area contributed by atoms with Gasteiger partial charge in [-0.3, -0.25) is 9.78 Å². The highest BCUT2D eigenvalue weighted by Crippen LogP contribution is 2.25. The van der Waals surface area contributed by atoms with E-state index in [9.17, 15) is 4.79 Å². The Morgan fingerprint density at radius 1 is 1.31 bits per heavy atom. The van der Waals surface area contributed by atoms with Crippen molar-refractivity contribution >= 4 is 22.4 Å². The first-order valence-corrected chi connectivity index (χ1v) is 9.83. The molecule has 1 saturated carbocycles. The number of rotatable bonds is 7. The lowest BCUT2D eigenvalue weighted by molar-refractivity contribution is -0.115. The van der Waals surface area contributed by atoms with Gasteiger partial charge in [-0.2, -0.15) is 0 Å². The molecule has 1 fully saturated rings. The average molecular weight is 375 g/mol. The molecule has 0 spiro atoms. The summed E-state index contributed by atoms with van der Waals surface area (Å²) in [7, 11) is 4.01. The summed E-state index contributed by atoms with van der Waals surface area (Å²) in [4.78, 5) is 24.3. The molecular weight excluding hydrogens is 348 g/mol. The van der Waals surface area contributed by atoms with Crippen LogP contribution < -0.4 is 10.1 Å². The molecule has 0 unspecified atom stereocenters. The van der Waals surface area contributed by atoms with Crippen molar-refractivity contribution in [3.8, 4) is 5.75 Å². The van der Waals surface area contributed by atoms with E-state index in [-0.39, 0.29) is 18.4 Å². The summed E-state index contributed by atoms with van der Waals surface area (Å²) >= 11 is 1.47. The molecule has 1 aliphatic carbocycles. The fourth-order valence-electron chi connectivity index (χ4n) is 3.12. The minimum atomic E-state index is -0.110. The van der Waals surface area contributed by atoms with E-state index in [1.54, 1.807) is 6.20 Å². The third-order valence-corrected chi connectivity index (χ3v) is 5.03. The average Bonchev–Trinajstić information content (AvgIpc) is 3.18. The minimum absolute atomic E-state index is 0.110. The van der Waals surface area contributed by atoms with E-state index in [4.69, 9.17) is 4.74 Å². The van der Waals surface area contributed by atoms with Gasteiger partial charge in [0.1, 0.15) is 5.75 Å². The summed E-state index contributed by atoms with van der Waals surface area (Å²) in [5, 5.41) is 3.47. The summed E-state index contributed by atoms with van der Waals surface area (Å²) in [6.45, 7) is 2.67. The smallest absolute Gasteiger partial charge is 0.232 e. The van der Waals surface area contributed by atoms with E-state index in [2.05, 4.69) is 20.2 Å². The molecule has 2 heterocycles. The largest absolute Gasteiger partial charge is 0.490 e. The lowest BCUT2D eigenvalue weighted by Crippen LogP contribution is -2.18. The molecule has 26 heavy (non-hydrogen) atoms.